The predicted molar refractivity (Wildman–Crippen MR) is 90.6 cm³/mol. The van der Waals surface area contributed by atoms with Crippen molar-refractivity contribution >= 4 is 11.3 Å². The molecule has 1 unspecified atom stereocenters. The zero-order chi connectivity index (χ0) is 14.6. The Balaban J connectivity index is 2.24. The zero-order valence-corrected chi connectivity index (χ0v) is 14.4. The highest BCUT2D eigenvalue weighted by molar-refractivity contribution is 7.09. The molecule has 0 spiro atoms. The number of hydrogen-bond donors (Lipinski definition) is 1. The molecular weight excluding hydrogens is 264 g/mol. The summed E-state index contributed by atoms with van der Waals surface area (Å²) in [5.41, 5.74) is 1.17. The van der Waals surface area contributed by atoms with E-state index in [1.165, 1.54) is 62.1 Å². The van der Waals surface area contributed by atoms with Crippen LogP contribution in [0.25, 0.3) is 0 Å². The Morgan fingerprint density at radius 2 is 1.85 bits per heavy atom. The molecule has 1 heterocycles. The molecule has 1 aromatic heterocycles. The number of hydrogen-bond acceptors (Lipinski definition) is 3. The van der Waals surface area contributed by atoms with Gasteiger partial charge < -0.3 is 5.32 Å². The number of nitrogens with zero attached hydrogens (tertiary/aromatic N) is 1. The second kappa shape index (κ2) is 11.3. The Bertz CT molecular complexity index is 335. The maximum atomic E-state index is 4.61. The van der Waals surface area contributed by atoms with Crippen molar-refractivity contribution in [3.8, 4) is 0 Å². The Morgan fingerprint density at radius 3 is 2.50 bits per heavy atom. The summed E-state index contributed by atoms with van der Waals surface area (Å²) in [5.74, 6) is 0. The van der Waals surface area contributed by atoms with E-state index in [-0.39, 0.29) is 0 Å². The molecule has 1 rings (SSSR count). The van der Waals surface area contributed by atoms with Gasteiger partial charge in [0.1, 0.15) is 0 Å². The van der Waals surface area contributed by atoms with E-state index in [1.807, 2.05) is 11.3 Å². The summed E-state index contributed by atoms with van der Waals surface area (Å²) in [6.07, 6.45) is 11.9. The highest BCUT2D eigenvalue weighted by atomic mass is 32.1. The fourth-order valence-corrected chi connectivity index (χ4v) is 3.36. The van der Waals surface area contributed by atoms with Gasteiger partial charge in [0.15, 0.2) is 0 Å². The van der Waals surface area contributed by atoms with Crippen LogP contribution in [0, 0.1) is 6.92 Å². The molecule has 0 aromatic carbocycles. The first kappa shape index (κ1) is 17.6. The second-order valence-electron chi connectivity index (χ2n) is 5.79. The van der Waals surface area contributed by atoms with Crippen LogP contribution in [0.4, 0.5) is 0 Å². The molecule has 1 atom stereocenters. The normalized spacial score (nSPS) is 12.8. The molecule has 1 N–H and O–H groups in total. The van der Waals surface area contributed by atoms with Gasteiger partial charge in [-0.1, -0.05) is 52.4 Å². The van der Waals surface area contributed by atoms with Crippen LogP contribution in [0.1, 0.15) is 75.9 Å². The smallest absolute Gasteiger partial charge is 0.0943 e. The van der Waals surface area contributed by atoms with E-state index in [0.717, 1.165) is 13.0 Å². The Labute approximate surface area is 129 Å². The molecule has 116 valence electrons. The third kappa shape index (κ3) is 8.01. The zero-order valence-electron chi connectivity index (χ0n) is 13.6. The van der Waals surface area contributed by atoms with Crippen LogP contribution in [0.3, 0.4) is 0 Å². The van der Waals surface area contributed by atoms with Gasteiger partial charge in [0.2, 0.25) is 0 Å². The average molecular weight is 297 g/mol. The van der Waals surface area contributed by atoms with Crippen LogP contribution in [0.15, 0.2) is 5.38 Å². The lowest BCUT2D eigenvalue weighted by atomic mass is 10.0. The first-order valence-electron chi connectivity index (χ1n) is 8.40. The van der Waals surface area contributed by atoms with Gasteiger partial charge >= 0.3 is 0 Å². The molecule has 0 aliphatic rings. The molecule has 0 radical (unpaired) electrons. The first-order chi connectivity index (χ1) is 9.76. The Hall–Kier alpha value is -0.410. The molecule has 2 nitrogen and oxygen atoms in total. The molecule has 0 bridgehead atoms. The molecule has 0 aliphatic carbocycles. The Morgan fingerprint density at radius 1 is 1.10 bits per heavy atom. The Kier molecular flexibility index (Phi) is 9.94. The van der Waals surface area contributed by atoms with Crippen molar-refractivity contribution in [1.29, 1.82) is 0 Å². The third-order valence-electron chi connectivity index (χ3n) is 3.68. The average Bonchev–Trinajstić information content (AvgIpc) is 2.85. The number of nitrogens with one attached hydrogen (secondary N) is 1. The molecule has 20 heavy (non-hydrogen) atoms. The largest absolute Gasteiger partial charge is 0.314 e. The summed E-state index contributed by atoms with van der Waals surface area (Å²) in [4.78, 5) is 4.61. The van der Waals surface area contributed by atoms with Gasteiger partial charge in [-0.2, -0.15) is 0 Å². The van der Waals surface area contributed by atoms with Gasteiger partial charge in [-0.25, -0.2) is 4.98 Å². The van der Waals surface area contributed by atoms with Crippen LogP contribution in [0.2, 0.25) is 0 Å². The molecule has 0 saturated heterocycles. The van der Waals surface area contributed by atoms with Gasteiger partial charge in [-0.3, -0.25) is 0 Å². The molecule has 0 aliphatic heterocycles. The second-order valence-corrected chi connectivity index (χ2v) is 6.74. The van der Waals surface area contributed by atoms with Gasteiger partial charge in [0, 0.05) is 23.5 Å². The lowest BCUT2D eigenvalue weighted by Gasteiger charge is -2.17. The number of aromatic nitrogens is 1. The topological polar surface area (TPSA) is 24.9 Å². The van der Waals surface area contributed by atoms with Crippen molar-refractivity contribution < 1.29 is 0 Å². The highest BCUT2D eigenvalue weighted by Gasteiger charge is 2.10. The van der Waals surface area contributed by atoms with Crippen LogP contribution in [-0.2, 0) is 6.42 Å². The van der Waals surface area contributed by atoms with Crippen molar-refractivity contribution in [1.82, 2.24) is 10.3 Å². The van der Waals surface area contributed by atoms with Crippen molar-refractivity contribution in [2.75, 3.05) is 6.54 Å². The van der Waals surface area contributed by atoms with E-state index in [9.17, 15) is 0 Å². The van der Waals surface area contributed by atoms with Crippen molar-refractivity contribution in [2.24, 2.45) is 0 Å². The van der Waals surface area contributed by atoms with Crippen LogP contribution >= 0.6 is 11.3 Å². The lowest BCUT2D eigenvalue weighted by molar-refractivity contribution is 0.449. The maximum absolute atomic E-state index is 4.61. The lowest BCUT2D eigenvalue weighted by Crippen LogP contribution is -2.31. The predicted octanol–water partition coefficient (Wildman–Crippen LogP) is 5.11. The molecule has 0 saturated carbocycles. The number of thiazole rings is 1. The third-order valence-corrected chi connectivity index (χ3v) is 4.67. The fraction of sp³-hybridized carbons (Fsp3) is 0.824. The summed E-state index contributed by atoms with van der Waals surface area (Å²) in [6.45, 7) is 7.73. The van der Waals surface area contributed by atoms with Crippen molar-refractivity contribution in [3.63, 3.8) is 0 Å². The summed E-state index contributed by atoms with van der Waals surface area (Å²) in [6, 6.07) is 0.617. The molecule has 3 heteroatoms. The maximum Gasteiger partial charge on any atom is 0.0943 e. The van der Waals surface area contributed by atoms with Crippen LogP contribution in [-0.4, -0.2) is 17.6 Å². The van der Waals surface area contributed by atoms with Crippen molar-refractivity contribution in [3.05, 3.63) is 16.1 Å². The summed E-state index contributed by atoms with van der Waals surface area (Å²) in [7, 11) is 0. The van der Waals surface area contributed by atoms with Gasteiger partial charge in [-0.05, 0) is 26.3 Å². The quantitative estimate of drug-likeness (QED) is 0.542. The van der Waals surface area contributed by atoms with E-state index in [0.29, 0.717) is 6.04 Å². The van der Waals surface area contributed by atoms with E-state index >= 15 is 0 Å². The SMILES string of the molecule is CCCCCCCCC(Cc1nc(C)cs1)NCCC. The minimum atomic E-state index is 0.617. The summed E-state index contributed by atoms with van der Waals surface area (Å²) >= 11 is 1.81. The molecule has 0 fully saturated rings. The first-order valence-corrected chi connectivity index (χ1v) is 9.28. The number of rotatable bonds is 12. The van der Waals surface area contributed by atoms with Gasteiger partial charge in [0.25, 0.3) is 0 Å². The summed E-state index contributed by atoms with van der Waals surface area (Å²) in [5, 5.41) is 7.15. The van der Waals surface area contributed by atoms with Crippen LogP contribution in [0.5, 0.6) is 0 Å². The highest BCUT2D eigenvalue weighted by Crippen LogP contribution is 2.15. The minimum absolute atomic E-state index is 0.617. The standard InChI is InChI=1S/C17H32N2S/c1-4-6-7-8-9-10-11-16(18-12-5-2)13-17-19-15(3)14-20-17/h14,16,18H,4-13H2,1-3H3. The van der Waals surface area contributed by atoms with E-state index in [2.05, 4.69) is 36.5 Å². The van der Waals surface area contributed by atoms with E-state index in [4.69, 9.17) is 0 Å². The van der Waals surface area contributed by atoms with E-state index < -0.39 is 0 Å². The molecule has 1 aromatic rings. The molecular formula is C17H32N2S. The van der Waals surface area contributed by atoms with E-state index in [1.54, 1.807) is 0 Å². The van der Waals surface area contributed by atoms with Crippen LogP contribution < -0.4 is 5.32 Å². The fourth-order valence-electron chi connectivity index (χ4n) is 2.50. The number of aryl methyl sites for hydroxylation is 1. The van der Waals surface area contributed by atoms with Gasteiger partial charge in [0.05, 0.1) is 5.01 Å². The number of unbranched alkanes of at least 4 members (excludes halogenated alkanes) is 5. The molecule has 0 amide bonds. The minimum Gasteiger partial charge on any atom is -0.314 e. The van der Waals surface area contributed by atoms with Gasteiger partial charge in [-0.15, -0.1) is 11.3 Å². The summed E-state index contributed by atoms with van der Waals surface area (Å²) < 4.78 is 0. The monoisotopic (exact) mass is 296 g/mol. The van der Waals surface area contributed by atoms with Crippen molar-refractivity contribution in [2.45, 2.75) is 84.6 Å².